The first kappa shape index (κ1) is 23.2. The number of rotatable bonds is 6. The summed E-state index contributed by atoms with van der Waals surface area (Å²) < 4.78 is 39.4. The maximum atomic E-state index is 13.1. The van der Waals surface area contributed by atoms with Crippen LogP contribution in [0.1, 0.15) is 37.7 Å². The van der Waals surface area contributed by atoms with E-state index in [1.165, 1.54) is 11.3 Å². The second-order valence-electron chi connectivity index (χ2n) is 8.75. The van der Waals surface area contributed by atoms with Crippen LogP contribution in [0.4, 0.5) is 18.9 Å². The van der Waals surface area contributed by atoms with Crippen LogP contribution in [0.5, 0.6) is 0 Å². The van der Waals surface area contributed by atoms with Crippen molar-refractivity contribution < 1.29 is 18.0 Å². The predicted octanol–water partition coefficient (Wildman–Crippen LogP) is 4.63. The van der Waals surface area contributed by atoms with E-state index >= 15 is 0 Å². The number of amides is 1. The quantitative estimate of drug-likeness (QED) is 0.694. The van der Waals surface area contributed by atoms with Crippen molar-refractivity contribution in [2.45, 2.75) is 45.2 Å². The molecule has 1 atom stereocenters. The fraction of sp³-hybridized carbons (Fsp3) is 0.682. The Morgan fingerprint density at radius 1 is 1.17 bits per heavy atom. The number of nitrogens with two attached hydrogens (primary N) is 1. The third kappa shape index (κ3) is 5.82. The van der Waals surface area contributed by atoms with E-state index in [9.17, 15) is 18.0 Å². The van der Waals surface area contributed by atoms with Crippen molar-refractivity contribution in [1.29, 1.82) is 0 Å². The van der Waals surface area contributed by atoms with Gasteiger partial charge in [-0.3, -0.25) is 9.69 Å². The van der Waals surface area contributed by atoms with Gasteiger partial charge in [0.05, 0.1) is 0 Å². The fourth-order valence-electron chi connectivity index (χ4n) is 4.97. The standard InChI is InChI=1S/C22H31ClF3N3O/c1-15-2-7-18(23)14-19(15)29-12-10-28(11-13-29)9-8-16-3-5-17(6-4-16)20(21(27)30)22(24,25)26/h2,7,14,16-17,20H,3-6,8-13H2,1H3,(H2,27,30). The zero-order valence-electron chi connectivity index (χ0n) is 17.4. The molecule has 1 heterocycles. The first-order valence-corrected chi connectivity index (χ1v) is 11.1. The molecule has 1 aliphatic carbocycles. The summed E-state index contributed by atoms with van der Waals surface area (Å²) in [5.74, 6) is -3.47. The van der Waals surface area contributed by atoms with Gasteiger partial charge >= 0.3 is 6.18 Å². The molecule has 4 nitrogen and oxygen atoms in total. The van der Waals surface area contributed by atoms with Gasteiger partial charge in [-0.25, -0.2) is 0 Å². The third-order valence-electron chi connectivity index (χ3n) is 6.76. The molecule has 1 saturated heterocycles. The van der Waals surface area contributed by atoms with E-state index in [1.54, 1.807) is 0 Å². The molecule has 2 fully saturated rings. The Balaban J connectivity index is 1.42. The summed E-state index contributed by atoms with van der Waals surface area (Å²) in [5, 5.41) is 0.748. The van der Waals surface area contributed by atoms with Gasteiger partial charge in [-0.05, 0) is 62.3 Å². The first-order chi connectivity index (χ1) is 14.1. The number of benzene rings is 1. The number of carbonyl (C=O) groups is 1. The highest BCUT2D eigenvalue weighted by atomic mass is 35.5. The monoisotopic (exact) mass is 445 g/mol. The normalized spacial score (nSPS) is 24.6. The molecule has 0 bridgehead atoms. The molecule has 1 aromatic carbocycles. The summed E-state index contributed by atoms with van der Waals surface area (Å²) in [6, 6.07) is 5.97. The summed E-state index contributed by atoms with van der Waals surface area (Å²) in [5.41, 5.74) is 7.45. The lowest BCUT2D eigenvalue weighted by atomic mass is 9.74. The van der Waals surface area contributed by atoms with Gasteiger partial charge in [-0.15, -0.1) is 0 Å². The second-order valence-corrected chi connectivity index (χ2v) is 9.19. The Morgan fingerprint density at radius 3 is 2.37 bits per heavy atom. The molecule has 2 aliphatic rings. The minimum Gasteiger partial charge on any atom is -0.369 e. The number of halogens is 4. The van der Waals surface area contributed by atoms with Crippen LogP contribution < -0.4 is 10.6 Å². The summed E-state index contributed by atoms with van der Waals surface area (Å²) in [7, 11) is 0. The largest absolute Gasteiger partial charge is 0.400 e. The number of piperazine rings is 1. The van der Waals surface area contributed by atoms with Gasteiger partial charge in [-0.2, -0.15) is 13.2 Å². The van der Waals surface area contributed by atoms with Gasteiger partial charge in [0.25, 0.3) is 0 Å². The fourth-order valence-corrected chi connectivity index (χ4v) is 5.14. The van der Waals surface area contributed by atoms with E-state index in [-0.39, 0.29) is 0 Å². The van der Waals surface area contributed by atoms with Crippen LogP contribution in [-0.4, -0.2) is 49.7 Å². The van der Waals surface area contributed by atoms with Crippen molar-refractivity contribution in [2.24, 2.45) is 23.5 Å². The summed E-state index contributed by atoms with van der Waals surface area (Å²) in [6.45, 7) is 6.89. The molecule has 1 unspecified atom stereocenters. The number of aryl methyl sites for hydroxylation is 1. The first-order valence-electron chi connectivity index (χ1n) is 10.7. The van der Waals surface area contributed by atoms with E-state index in [1.807, 2.05) is 18.2 Å². The lowest BCUT2D eigenvalue weighted by Crippen LogP contribution is -2.47. The summed E-state index contributed by atoms with van der Waals surface area (Å²) >= 11 is 6.15. The highest BCUT2D eigenvalue weighted by molar-refractivity contribution is 6.30. The Bertz CT molecular complexity index is 727. The van der Waals surface area contributed by atoms with E-state index in [0.717, 1.165) is 57.0 Å². The molecule has 1 aliphatic heterocycles. The van der Waals surface area contributed by atoms with Crippen LogP contribution in [0.3, 0.4) is 0 Å². The molecule has 2 N–H and O–H groups in total. The highest BCUT2D eigenvalue weighted by Gasteiger charge is 2.49. The van der Waals surface area contributed by atoms with Gasteiger partial charge in [0.2, 0.25) is 5.91 Å². The number of anilines is 1. The van der Waals surface area contributed by atoms with Crippen LogP contribution in [0.2, 0.25) is 5.02 Å². The summed E-state index contributed by atoms with van der Waals surface area (Å²) in [6.07, 6.45) is -1.20. The van der Waals surface area contributed by atoms with E-state index in [4.69, 9.17) is 17.3 Å². The van der Waals surface area contributed by atoms with Crippen LogP contribution in [0.15, 0.2) is 18.2 Å². The lowest BCUT2D eigenvalue weighted by molar-refractivity contribution is -0.194. The third-order valence-corrected chi connectivity index (χ3v) is 6.99. The Morgan fingerprint density at radius 2 is 1.80 bits per heavy atom. The topological polar surface area (TPSA) is 49.6 Å². The molecular formula is C22H31ClF3N3O. The van der Waals surface area contributed by atoms with Crippen molar-refractivity contribution in [3.8, 4) is 0 Å². The Kier molecular flexibility index (Phi) is 7.56. The van der Waals surface area contributed by atoms with Crippen LogP contribution in [-0.2, 0) is 4.79 Å². The van der Waals surface area contributed by atoms with Crippen LogP contribution in [0.25, 0.3) is 0 Å². The number of hydrogen-bond donors (Lipinski definition) is 1. The smallest absolute Gasteiger partial charge is 0.369 e. The Labute approximate surface area is 181 Å². The molecule has 1 saturated carbocycles. The number of hydrogen-bond acceptors (Lipinski definition) is 3. The molecule has 30 heavy (non-hydrogen) atoms. The van der Waals surface area contributed by atoms with E-state index in [2.05, 4.69) is 16.7 Å². The van der Waals surface area contributed by atoms with Gasteiger partial charge in [-0.1, -0.05) is 30.5 Å². The molecule has 0 aromatic heterocycles. The highest BCUT2D eigenvalue weighted by Crippen LogP contribution is 2.41. The zero-order valence-corrected chi connectivity index (χ0v) is 18.2. The van der Waals surface area contributed by atoms with Gasteiger partial charge in [0, 0.05) is 36.9 Å². The lowest BCUT2D eigenvalue weighted by Gasteiger charge is -2.38. The molecule has 0 spiro atoms. The molecule has 1 amide bonds. The molecule has 1 aromatic rings. The van der Waals surface area contributed by atoms with E-state index in [0.29, 0.717) is 18.8 Å². The van der Waals surface area contributed by atoms with Crippen molar-refractivity contribution in [3.05, 3.63) is 28.8 Å². The average molecular weight is 446 g/mol. The molecule has 168 valence electrons. The molecule has 0 radical (unpaired) electrons. The van der Waals surface area contributed by atoms with Crippen molar-refractivity contribution in [2.75, 3.05) is 37.6 Å². The predicted molar refractivity (Wildman–Crippen MR) is 114 cm³/mol. The molecule has 3 rings (SSSR count). The van der Waals surface area contributed by atoms with Crippen LogP contribution in [0, 0.1) is 24.7 Å². The minimum absolute atomic E-state index is 0.427. The molecular weight excluding hydrogens is 415 g/mol. The van der Waals surface area contributed by atoms with Crippen molar-refractivity contribution >= 4 is 23.2 Å². The van der Waals surface area contributed by atoms with Gasteiger partial charge in [0.1, 0.15) is 5.92 Å². The maximum absolute atomic E-state index is 13.1. The average Bonchev–Trinajstić information content (AvgIpc) is 2.68. The SMILES string of the molecule is Cc1ccc(Cl)cc1N1CCN(CCC2CCC(C(C(N)=O)C(F)(F)F)CC2)CC1. The maximum Gasteiger partial charge on any atom is 0.400 e. The van der Waals surface area contributed by atoms with Gasteiger partial charge in [0.15, 0.2) is 0 Å². The van der Waals surface area contributed by atoms with Crippen molar-refractivity contribution in [1.82, 2.24) is 4.90 Å². The van der Waals surface area contributed by atoms with Gasteiger partial charge < -0.3 is 10.6 Å². The number of primary amides is 1. The minimum atomic E-state index is -4.54. The zero-order chi connectivity index (χ0) is 21.9. The van der Waals surface area contributed by atoms with Crippen molar-refractivity contribution in [3.63, 3.8) is 0 Å². The Hall–Kier alpha value is -1.47. The number of nitrogens with zero attached hydrogens (tertiary/aromatic N) is 2. The number of alkyl halides is 3. The van der Waals surface area contributed by atoms with Crippen LogP contribution >= 0.6 is 11.6 Å². The van der Waals surface area contributed by atoms with E-state index < -0.39 is 23.9 Å². The number of carbonyl (C=O) groups excluding carboxylic acids is 1. The molecule has 8 heteroatoms. The summed E-state index contributed by atoms with van der Waals surface area (Å²) in [4.78, 5) is 16.1. The second kappa shape index (κ2) is 9.77.